The zero-order valence-electron chi connectivity index (χ0n) is 8.21. The van der Waals surface area contributed by atoms with Gasteiger partial charge in [0.2, 0.25) is 0 Å². The third kappa shape index (κ3) is 1.15. The highest BCUT2D eigenvalue weighted by Crippen LogP contribution is 2.44. The van der Waals surface area contributed by atoms with Crippen molar-refractivity contribution in [1.82, 2.24) is 0 Å². The van der Waals surface area contributed by atoms with Crippen LogP contribution < -0.4 is 5.73 Å². The maximum Gasteiger partial charge on any atom is 0.118 e. The second kappa shape index (κ2) is 3.31. The van der Waals surface area contributed by atoms with Crippen molar-refractivity contribution < 1.29 is 4.42 Å². The van der Waals surface area contributed by atoms with Crippen LogP contribution in [0.25, 0.3) is 0 Å². The second-order valence-electron chi connectivity index (χ2n) is 4.17. The van der Waals surface area contributed by atoms with Gasteiger partial charge < -0.3 is 10.2 Å². The summed E-state index contributed by atoms with van der Waals surface area (Å²) in [5, 5.41) is 0. The third-order valence-electron chi connectivity index (χ3n) is 3.39. The van der Waals surface area contributed by atoms with Gasteiger partial charge >= 0.3 is 0 Å². The van der Waals surface area contributed by atoms with E-state index in [1.807, 2.05) is 11.8 Å². The first-order valence-electron chi connectivity index (χ1n) is 5.31. The minimum absolute atomic E-state index is 0.658. The molecule has 2 heterocycles. The van der Waals surface area contributed by atoms with Crippen LogP contribution >= 0.6 is 11.8 Å². The molecule has 1 fully saturated rings. The minimum Gasteiger partial charge on any atom is -0.464 e. The fraction of sp³-hybridized carbons (Fsp3) is 0.636. The Morgan fingerprint density at radius 2 is 2.21 bits per heavy atom. The molecule has 0 saturated heterocycles. The zero-order valence-corrected chi connectivity index (χ0v) is 9.03. The molecule has 2 nitrogen and oxygen atoms in total. The molecular weight excluding hydrogens is 194 g/mol. The van der Waals surface area contributed by atoms with Crippen LogP contribution in [0.2, 0.25) is 0 Å². The molecule has 14 heavy (non-hydrogen) atoms. The number of fused-ring (bicyclic) bond motifs is 1. The molecule has 0 unspecified atom stereocenters. The smallest absolute Gasteiger partial charge is 0.118 e. The zero-order chi connectivity index (χ0) is 9.54. The largest absolute Gasteiger partial charge is 0.464 e. The van der Waals surface area contributed by atoms with Gasteiger partial charge in [0.05, 0.1) is 5.75 Å². The molecule has 0 atom stereocenters. The van der Waals surface area contributed by atoms with Gasteiger partial charge in [-0.2, -0.15) is 0 Å². The molecule has 1 saturated carbocycles. The Bertz CT molecular complexity index is 354. The molecule has 0 amide bonds. The van der Waals surface area contributed by atoms with Gasteiger partial charge in [0.25, 0.3) is 0 Å². The number of hydrogen-bond donors (Lipinski definition) is 1. The van der Waals surface area contributed by atoms with Gasteiger partial charge in [-0.15, -0.1) is 11.8 Å². The van der Waals surface area contributed by atoms with Crippen molar-refractivity contribution in [3.63, 3.8) is 0 Å². The minimum atomic E-state index is 0.658. The lowest BCUT2D eigenvalue weighted by molar-refractivity contribution is 0.336. The van der Waals surface area contributed by atoms with E-state index in [0.29, 0.717) is 12.5 Å². The summed E-state index contributed by atoms with van der Waals surface area (Å²) < 4.78 is 5.95. The normalized spacial score (nSPS) is 20.9. The Labute approximate surface area is 88.2 Å². The van der Waals surface area contributed by atoms with Crippen molar-refractivity contribution in [2.45, 2.75) is 43.2 Å². The molecule has 0 aromatic carbocycles. The first-order chi connectivity index (χ1) is 6.90. The van der Waals surface area contributed by atoms with Gasteiger partial charge in [-0.05, 0) is 12.8 Å². The number of rotatable bonds is 2. The summed E-state index contributed by atoms with van der Waals surface area (Å²) in [7, 11) is 0. The standard InChI is InChI=1S/C11H15NOS/c12-4-8-9-5-14-6-10(9)13-11(8)7-2-1-3-7/h7H,1-6,12H2. The van der Waals surface area contributed by atoms with Crippen molar-refractivity contribution >= 4 is 11.8 Å². The van der Waals surface area contributed by atoms with E-state index < -0.39 is 0 Å². The van der Waals surface area contributed by atoms with Crippen LogP contribution in [0.5, 0.6) is 0 Å². The molecule has 3 rings (SSSR count). The number of thioether (sulfide) groups is 1. The third-order valence-corrected chi connectivity index (χ3v) is 4.35. The fourth-order valence-corrected chi connectivity index (χ4v) is 3.39. The summed E-state index contributed by atoms with van der Waals surface area (Å²) >= 11 is 1.94. The molecule has 0 spiro atoms. The summed E-state index contributed by atoms with van der Waals surface area (Å²) in [4.78, 5) is 0. The van der Waals surface area contributed by atoms with Crippen LogP contribution in [-0.4, -0.2) is 0 Å². The predicted octanol–water partition coefficient (Wildman–Crippen LogP) is 2.75. The maximum absolute atomic E-state index is 5.95. The summed E-state index contributed by atoms with van der Waals surface area (Å²) in [6.07, 6.45) is 3.95. The monoisotopic (exact) mass is 209 g/mol. The predicted molar refractivity (Wildman–Crippen MR) is 58.2 cm³/mol. The lowest BCUT2D eigenvalue weighted by Gasteiger charge is -2.24. The van der Waals surface area contributed by atoms with Crippen molar-refractivity contribution in [1.29, 1.82) is 0 Å². The molecule has 1 aromatic rings. The van der Waals surface area contributed by atoms with Gasteiger partial charge in [-0.3, -0.25) is 0 Å². The van der Waals surface area contributed by atoms with E-state index in [1.54, 1.807) is 0 Å². The van der Waals surface area contributed by atoms with Crippen LogP contribution in [0, 0.1) is 0 Å². The van der Waals surface area contributed by atoms with E-state index in [-0.39, 0.29) is 0 Å². The van der Waals surface area contributed by atoms with Crippen molar-refractivity contribution in [3.05, 3.63) is 22.6 Å². The Balaban J connectivity index is 2.02. The average Bonchev–Trinajstić information content (AvgIpc) is 2.60. The molecule has 1 aliphatic carbocycles. The SMILES string of the molecule is NCc1c(C2CCC2)oc2c1CSC2. The van der Waals surface area contributed by atoms with Crippen LogP contribution in [0.1, 0.15) is 47.8 Å². The summed E-state index contributed by atoms with van der Waals surface area (Å²) in [6, 6.07) is 0. The van der Waals surface area contributed by atoms with Crippen LogP contribution in [-0.2, 0) is 18.1 Å². The Morgan fingerprint density at radius 1 is 1.36 bits per heavy atom. The average molecular weight is 209 g/mol. The second-order valence-corrected chi connectivity index (χ2v) is 5.16. The van der Waals surface area contributed by atoms with Gasteiger partial charge in [-0.1, -0.05) is 6.42 Å². The fourth-order valence-electron chi connectivity index (χ4n) is 2.33. The molecule has 0 bridgehead atoms. The quantitative estimate of drug-likeness (QED) is 0.814. The highest BCUT2D eigenvalue weighted by Gasteiger charge is 2.30. The van der Waals surface area contributed by atoms with E-state index in [1.165, 1.54) is 41.9 Å². The Hall–Kier alpha value is -0.410. The Morgan fingerprint density at radius 3 is 2.86 bits per heavy atom. The highest BCUT2D eigenvalue weighted by molar-refractivity contribution is 7.98. The van der Waals surface area contributed by atoms with Gasteiger partial charge in [0.15, 0.2) is 0 Å². The molecular formula is C11H15NOS. The van der Waals surface area contributed by atoms with Crippen molar-refractivity contribution in [2.24, 2.45) is 5.73 Å². The highest BCUT2D eigenvalue weighted by atomic mass is 32.2. The van der Waals surface area contributed by atoms with E-state index in [4.69, 9.17) is 10.2 Å². The maximum atomic E-state index is 5.95. The summed E-state index contributed by atoms with van der Waals surface area (Å²) in [5.41, 5.74) is 8.56. The lowest BCUT2D eigenvalue weighted by atomic mass is 9.82. The molecule has 3 heteroatoms. The van der Waals surface area contributed by atoms with Crippen LogP contribution in [0.3, 0.4) is 0 Å². The topological polar surface area (TPSA) is 39.2 Å². The van der Waals surface area contributed by atoms with Crippen LogP contribution in [0.4, 0.5) is 0 Å². The summed E-state index contributed by atoms with van der Waals surface area (Å²) in [5.74, 6) is 5.28. The first-order valence-corrected chi connectivity index (χ1v) is 6.46. The van der Waals surface area contributed by atoms with Gasteiger partial charge in [0.1, 0.15) is 11.5 Å². The molecule has 1 aromatic heterocycles. The van der Waals surface area contributed by atoms with E-state index in [0.717, 1.165) is 11.5 Å². The van der Waals surface area contributed by atoms with E-state index >= 15 is 0 Å². The number of furan rings is 1. The molecule has 1 aliphatic heterocycles. The summed E-state index contributed by atoms with van der Waals surface area (Å²) in [6.45, 7) is 0.658. The van der Waals surface area contributed by atoms with E-state index in [2.05, 4.69) is 0 Å². The van der Waals surface area contributed by atoms with Crippen LogP contribution in [0.15, 0.2) is 4.42 Å². The number of nitrogens with two attached hydrogens (primary N) is 1. The number of hydrogen-bond acceptors (Lipinski definition) is 3. The van der Waals surface area contributed by atoms with Gasteiger partial charge in [0, 0.05) is 29.3 Å². The Kier molecular flexibility index (Phi) is 2.10. The molecule has 76 valence electrons. The van der Waals surface area contributed by atoms with E-state index in [9.17, 15) is 0 Å². The molecule has 0 radical (unpaired) electrons. The lowest BCUT2D eigenvalue weighted by Crippen LogP contribution is -2.12. The molecule has 2 aliphatic rings. The first kappa shape index (κ1) is 8.86. The van der Waals surface area contributed by atoms with Crippen molar-refractivity contribution in [2.75, 3.05) is 0 Å². The van der Waals surface area contributed by atoms with Gasteiger partial charge in [-0.25, -0.2) is 0 Å². The van der Waals surface area contributed by atoms with Crippen molar-refractivity contribution in [3.8, 4) is 0 Å². The molecule has 2 N–H and O–H groups in total.